The van der Waals surface area contributed by atoms with E-state index in [4.69, 9.17) is 0 Å². The molecule has 1 aliphatic heterocycles. The van der Waals surface area contributed by atoms with Gasteiger partial charge in [0, 0.05) is 0 Å². The van der Waals surface area contributed by atoms with Crippen molar-refractivity contribution in [3.8, 4) is 0 Å². The van der Waals surface area contributed by atoms with Gasteiger partial charge in [0.15, 0.2) is 0 Å². The van der Waals surface area contributed by atoms with Gasteiger partial charge in [-0.15, -0.1) is 0 Å². The van der Waals surface area contributed by atoms with Gasteiger partial charge in [-0.25, -0.2) is 4.39 Å². The molecule has 0 N–H and O–H groups in total. The van der Waals surface area contributed by atoms with Crippen LogP contribution in [0.3, 0.4) is 0 Å². The van der Waals surface area contributed by atoms with Crippen molar-refractivity contribution in [2.45, 2.75) is 52.9 Å². The van der Waals surface area contributed by atoms with Gasteiger partial charge in [0.05, 0.1) is 0 Å². The van der Waals surface area contributed by atoms with Gasteiger partial charge >= 0.3 is 0 Å². The lowest BCUT2D eigenvalue weighted by Gasteiger charge is -2.28. The number of allylic oxidation sites excluding steroid dienone is 4. The monoisotopic (exact) mass is 255 g/mol. The zero-order chi connectivity index (χ0) is 13.8. The van der Waals surface area contributed by atoms with E-state index < -0.39 is 0 Å². The van der Waals surface area contributed by atoms with Crippen LogP contribution in [0.25, 0.3) is 0 Å². The van der Waals surface area contributed by atoms with Crippen molar-refractivity contribution in [3.63, 3.8) is 0 Å². The van der Waals surface area contributed by atoms with Gasteiger partial charge in [-0.2, -0.15) is 0 Å². The van der Waals surface area contributed by atoms with Crippen LogP contribution in [0.2, 0.25) is 0 Å². The predicted molar refractivity (Wildman–Crippen MR) is 79.4 cm³/mol. The van der Waals surface area contributed by atoms with Gasteiger partial charge in [0.2, 0.25) is 0 Å². The SMILES string of the molecule is C/C=C\C(F)=C/CCCC1CCN(C)CC1.CC. The van der Waals surface area contributed by atoms with E-state index in [2.05, 4.69) is 11.9 Å². The molecule has 0 aliphatic carbocycles. The molecule has 0 unspecified atom stereocenters. The molecule has 1 aliphatic rings. The summed E-state index contributed by atoms with van der Waals surface area (Å²) in [7, 11) is 2.19. The number of rotatable bonds is 5. The number of likely N-dealkylation sites (tertiary alicyclic amines) is 1. The zero-order valence-corrected chi connectivity index (χ0v) is 12.6. The molecule has 18 heavy (non-hydrogen) atoms. The molecular formula is C16H30FN. The Morgan fingerprint density at radius 2 is 1.89 bits per heavy atom. The molecule has 0 aromatic carbocycles. The Labute approximate surface area is 113 Å². The Bertz CT molecular complexity index is 237. The summed E-state index contributed by atoms with van der Waals surface area (Å²) in [5.74, 6) is 0.778. The molecule has 0 bridgehead atoms. The summed E-state index contributed by atoms with van der Waals surface area (Å²) in [5, 5.41) is 0. The van der Waals surface area contributed by atoms with Crippen molar-refractivity contribution < 1.29 is 4.39 Å². The van der Waals surface area contributed by atoms with Crippen LogP contribution in [-0.2, 0) is 0 Å². The van der Waals surface area contributed by atoms with Crippen molar-refractivity contribution in [3.05, 3.63) is 24.1 Å². The predicted octanol–water partition coefficient (Wildman–Crippen LogP) is 4.95. The Kier molecular flexibility index (Phi) is 11.1. The molecule has 1 rings (SSSR count). The minimum Gasteiger partial charge on any atom is -0.306 e. The van der Waals surface area contributed by atoms with Crippen molar-refractivity contribution >= 4 is 0 Å². The van der Waals surface area contributed by atoms with Gasteiger partial charge in [-0.3, -0.25) is 0 Å². The first-order valence-corrected chi connectivity index (χ1v) is 7.39. The number of hydrogen-bond acceptors (Lipinski definition) is 1. The number of unbranched alkanes of at least 4 members (excludes halogenated alkanes) is 1. The number of nitrogens with zero attached hydrogens (tertiary/aromatic N) is 1. The highest BCUT2D eigenvalue weighted by Gasteiger charge is 2.15. The Morgan fingerprint density at radius 1 is 1.28 bits per heavy atom. The molecule has 0 aromatic rings. The summed E-state index contributed by atoms with van der Waals surface area (Å²) in [6, 6.07) is 0. The van der Waals surface area contributed by atoms with Crippen molar-refractivity contribution in [1.82, 2.24) is 4.90 Å². The fourth-order valence-electron chi connectivity index (χ4n) is 2.22. The van der Waals surface area contributed by atoms with Gasteiger partial charge in [0.25, 0.3) is 0 Å². The van der Waals surface area contributed by atoms with E-state index in [0.29, 0.717) is 0 Å². The highest BCUT2D eigenvalue weighted by molar-refractivity contribution is 5.09. The van der Waals surface area contributed by atoms with Crippen LogP contribution < -0.4 is 0 Å². The minimum absolute atomic E-state index is 0.0918. The molecule has 1 heterocycles. The topological polar surface area (TPSA) is 3.24 Å². The normalized spacial score (nSPS) is 18.8. The smallest absolute Gasteiger partial charge is 0.118 e. The molecule has 1 saturated heterocycles. The molecule has 1 fully saturated rings. The second-order valence-corrected chi connectivity index (χ2v) is 4.77. The van der Waals surface area contributed by atoms with Gasteiger partial charge < -0.3 is 4.90 Å². The molecule has 2 heteroatoms. The van der Waals surface area contributed by atoms with Gasteiger partial charge in [-0.1, -0.05) is 26.3 Å². The third kappa shape index (κ3) is 8.46. The molecule has 106 valence electrons. The summed E-state index contributed by atoms with van der Waals surface area (Å²) < 4.78 is 13.0. The van der Waals surface area contributed by atoms with Crippen LogP contribution in [0.1, 0.15) is 52.9 Å². The van der Waals surface area contributed by atoms with E-state index in [9.17, 15) is 4.39 Å². The fraction of sp³-hybridized carbons (Fsp3) is 0.750. The van der Waals surface area contributed by atoms with E-state index in [1.54, 1.807) is 12.2 Å². The fourth-order valence-corrected chi connectivity index (χ4v) is 2.22. The molecule has 0 spiro atoms. The number of hydrogen-bond donors (Lipinski definition) is 0. The lowest BCUT2D eigenvalue weighted by molar-refractivity contribution is 0.210. The molecule has 0 radical (unpaired) electrons. The van der Waals surface area contributed by atoms with Gasteiger partial charge in [-0.05, 0) is 70.8 Å². The summed E-state index contributed by atoms with van der Waals surface area (Å²) in [4.78, 5) is 2.39. The van der Waals surface area contributed by atoms with E-state index in [1.807, 2.05) is 20.8 Å². The maximum Gasteiger partial charge on any atom is 0.118 e. The van der Waals surface area contributed by atoms with Gasteiger partial charge in [0.1, 0.15) is 5.83 Å². The Hall–Kier alpha value is -0.630. The van der Waals surface area contributed by atoms with Crippen LogP contribution in [0, 0.1) is 5.92 Å². The molecular weight excluding hydrogens is 225 g/mol. The highest BCUT2D eigenvalue weighted by atomic mass is 19.1. The minimum atomic E-state index is -0.0918. The Balaban J connectivity index is 0.00000137. The third-order valence-electron chi connectivity index (χ3n) is 3.32. The quantitative estimate of drug-likeness (QED) is 0.496. The maximum atomic E-state index is 13.0. The summed E-state index contributed by atoms with van der Waals surface area (Å²) in [6.45, 7) is 8.30. The van der Waals surface area contributed by atoms with E-state index in [1.165, 1.54) is 38.4 Å². The van der Waals surface area contributed by atoms with E-state index in [-0.39, 0.29) is 5.83 Å². The second kappa shape index (κ2) is 11.5. The summed E-state index contributed by atoms with van der Waals surface area (Å²) in [5.41, 5.74) is 0. The summed E-state index contributed by atoms with van der Waals surface area (Å²) in [6.07, 6.45) is 10.9. The van der Waals surface area contributed by atoms with Crippen molar-refractivity contribution in [1.29, 1.82) is 0 Å². The number of halogens is 1. The van der Waals surface area contributed by atoms with Crippen LogP contribution in [-0.4, -0.2) is 25.0 Å². The molecule has 1 nitrogen and oxygen atoms in total. The van der Waals surface area contributed by atoms with Crippen LogP contribution in [0.15, 0.2) is 24.1 Å². The zero-order valence-electron chi connectivity index (χ0n) is 12.6. The molecule has 0 atom stereocenters. The third-order valence-corrected chi connectivity index (χ3v) is 3.32. The molecule has 0 amide bonds. The average molecular weight is 255 g/mol. The van der Waals surface area contributed by atoms with Crippen LogP contribution in [0.4, 0.5) is 4.39 Å². The van der Waals surface area contributed by atoms with Crippen LogP contribution >= 0.6 is 0 Å². The summed E-state index contributed by atoms with van der Waals surface area (Å²) >= 11 is 0. The first kappa shape index (κ1) is 17.4. The average Bonchev–Trinajstić information content (AvgIpc) is 2.39. The largest absolute Gasteiger partial charge is 0.306 e. The highest BCUT2D eigenvalue weighted by Crippen LogP contribution is 2.21. The molecule has 0 aromatic heterocycles. The lowest BCUT2D eigenvalue weighted by atomic mass is 9.92. The maximum absolute atomic E-state index is 13.0. The number of piperidine rings is 1. The first-order valence-electron chi connectivity index (χ1n) is 7.39. The van der Waals surface area contributed by atoms with Crippen LogP contribution in [0.5, 0.6) is 0 Å². The lowest BCUT2D eigenvalue weighted by Crippen LogP contribution is -2.30. The molecule has 0 saturated carbocycles. The van der Waals surface area contributed by atoms with E-state index >= 15 is 0 Å². The van der Waals surface area contributed by atoms with E-state index in [0.717, 1.165) is 18.8 Å². The Morgan fingerprint density at radius 3 is 2.44 bits per heavy atom. The first-order chi connectivity index (χ1) is 8.72. The standard InChI is InChI=1S/C14H24FN.C2H6/c1-3-6-14(15)8-5-4-7-13-9-11-16(2)12-10-13;1-2/h3,6,8,13H,4-5,7,9-12H2,1-2H3;1-2H3/b6-3-,14-8+;. The van der Waals surface area contributed by atoms with Crippen molar-refractivity contribution in [2.75, 3.05) is 20.1 Å². The second-order valence-electron chi connectivity index (χ2n) is 4.77. The van der Waals surface area contributed by atoms with Crippen molar-refractivity contribution in [2.24, 2.45) is 5.92 Å².